The first-order chi connectivity index (χ1) is 15.6. The Morgan fingerprint density at radius 1 is 0.844 bits per heavy atom. The first-order valence-corrected chi connectivity index (χ1v) is 14.9. The van der Waals surface area contributed by atoms with E-state index in [9.17, 15) is 9.46 Å². The van der Waals surface area contributed by atoms with E-state index in [1.165, 1.54) is 89.9 Å². The highest BCUT2D eigenvalue weighted by molar-refractivity contribution is 7.47. The van der Waals surface area contributed by atoms with Gasteiger partial charge in [-0.2, -0.15) is 0 Å². The molecule has 1 fully saturated rings. The van der Waals surface area contributed by atoms with Gasteiger partial charge in [-0.25, -0.2) is 4.57 Å². The van der Waals surface area contributed by atoms with Crippen molar-refractivity contribution in [1.82, 2.24) is 4.90 Å². The highest BCUT2D eigenvalue weighted by Crippen LogP contribution is 2.46. The van der Waals surface area contributed by atoms with Crippen molar-refractivity contribution in [3.8, 4) is 12.3 Å². The molecule has 0 aromatic carbocycles. The van der Waals surface area contributed by atoms with Crippen LogP contribution in [0.2, 0.25) is 0 Å². The molecule has 0 aliphatic carbocycles. The van der Waals surface area contributed by atoms with Gasteiger partial charge in [0.1, 0.15) is 0 Å². The van der Waals surface area contributed by atoms with E-state index >= 15 is 0 Å². The molecule has 1 rings (SSSR count). The van der Waals surface area contributed by atoms with Gasteiger partial charge in [0.25, 0.3) is 0 Å². The van der Waals surface area contributed by atoms with Crippen molar-refractivity contribution in [3.63, 3.8) is 0 Å². The average Bonchev–Trinajstić information content (AvgIpc) is 2.77. The van der Waals surface area contributed by atoms with Crippen LogP contribution in [0.25, 0.3) is 0 Å². The Morgan fingerprint density at radius 3 is 1.72 bits per heavy atom. The molecule has 0 aromatic heterocycles. The van der Waals surface area contributed by atoms with Crippen molar-refractivity contribution in [2.24, 2.45) is 0 Å². The molecule has 32 heavy (non-hydrogen) atoms. The van der Waals surface area contributed by atoms with E-state index in [0.29, 0.717) is 26.0 Å². The van der Waals surface area contributed by atoms with Gasteiger partial charge < -0.3 is 4.89 Å². The first-order valence-electron chi connectivity index (χ1n) is 13.4. The Hall–Kier alpha value is -0.370. The van der Waals surface area contributed by atoms with Crippen LogP contribution in [0.15, 0.2) is 0 Å². The Kier molecular flexibility index (Phi) is 18.6. The van der Waals surface area contributed by atoms with Gasteiger partial charge in [-0.3, -0.25) is 13.9 Å². The number of unbranched alkanes of at least 4 members (excludes halogenated alkanes) is 15. The summed E-state index contributed by atoms with van der Waals surface area (Å²) in [4.78, 5) is 12.1. The van der Waals surface area contributed by atoms with Crippen LogP contribution in [0.5, 0.6) is 0 Å². The van der Waals surface area contributed by atoms with Crippen LogP contribution in [-0.2, 0) is 13.6 Å². The van der Waals surface area contributed by atoms with Gasteiger partial charge in [0.2, 0.25) is 0 Å². The van der Waals surface area contributed by atoms with Crippen molar-refractivity contribution >= 4 is 7.82 Å². The fraction of sp³-hybridized carbons (Fsp3) is 0.923. The third kappa shape index (κ3) is 17.2. The second-order valence-electron chi connectivity index (χ2n) is 9.39. The molecule has 1 N–H and O–H groups in total. The van der Waals surface area contributed by atoms with Crippen LogP contribution < -0.4 is 0 Å². The second-order valence-corrected chi connectivity index (χ2v) is 10.8. The van der Waals surface area contributed by atoms with E-state index in [-0.39, 0.29) is 6.10 Å². The van der Waals surface area contributed by atoms with E-state index in [2.05, 4.69) is 17.7 Å². The van der Waals surface area contributed by atoms with Crippen LogP contribution >= 0.6 is 7.82 Å². The normalized spacial score (nSPS) is 17.3. The lowest BCUT2D eigenvalue weighted by Gasteiger charge is -2.31. The number of piperidine rings is 1. The minimum atomic E-state index is -3.94. The lowest BCUT2D eigenvalue weighted by atomic mass is 10.0. The molecule has 0 amide bonds. The number of hydrogen-bond acceptors (Lipinski definition) is 4. The summed E-state index contributed by atoms with van der Waals surface area (Å²) in [6, 6.07) is 0. The monoisotopic (exact) mass is 471 g/mol. The molecule has 1 aliphatic heterocycles. The molecule has 1 heterocycles. The summed E-state index contributed by atoms with van der Waals surface area (Å²) in [6.45, 7) is 4.79. The molecule has 0 bridgehead atoms. The van der Waals surface area contributed by atoms with Crippen molar-refractivity contribution < 1.29 is 18.5 Å². The molecule has 1 saturated heterocycles. The number of likely N-dealkylation sites (tertiary alicyclic amines) is 1. The van der Waals surface area contributed by atoms with Crippen LogP contribution in [0.3, 0.4) is 0 Å². The Bertz CT molecular complexity index is 514. The fourth-order valence-corrected chi connectivity index (χ4v) is 5.36. The van der Waals surface area contributed by atoms with Crippen molar-refractivity contribution in [2.45, 2.75) is 129 Å². The topological polar surface area (TPSA) is 59.0 Å². The van der Waals surface area contributed by atoms with Gasteiger partial charge in [-0.05, 0) is 19.3 Å². The van der Waals surface area contributed by atoms with Crippen LogP contribution in [0, 0.1) is 12.3 Å². The lowest BCUT2D eigenvalue weighted by Crippen LogP contribution is -2.36. The number of nitrogens with zero attached hydrogens (tertiary/aromatic N) is 1. The number of phosphoric acid groups is 1. The fourth-order valence-electron chi connectivity index (χ4n) is 4.35. The molecule has 0 saturated carbocycles. The minimum absolute atomic E-state index is 0.217. The maximum absolute atomic E-state index is 12.1. The number of hydrogen-bond donors (Lipinski definition) is 1. The maximum atomic E-state index is 12.1. The molecule has 1 aliphatic rings. The third-order valence-corrected chi connectivity index (χ3v) is 7.46. The van der Waals surface area contributed by atoms with Gasteiger partial charge >= 0.3 is 7.82 Å². The summed E-state index contributed by atoms with van der Waals surface area (Å²) >= 11 is 0. The minimum Gasteiger partial charge on any atom is -0.302 e. The second kappa shape index (κ2) is 20.0. The zero-order valence-corrected chi connectivity index (χ0v) is 21.7. The number of phosphoric ester groups is 1. The largest absolute Gasteiger partial charge is 0.472 e. The van der Waals surface area contributed by atoms with Crippen LogP contribution in [-0.4, -0.2) is 42.1 Å². The van der Waals surface area contributed by atoms with Gasteiger partial charge in [0.05, 0.1) is 19.3 Å². The van der Waals surface area contributed by atoms with Crippen LogP contribution in [0.4, 0.5) is 0 Å². The summed E-state index contributed by atoms with van der Waals surface area (Å²) in [5, 5.41) is 0. The molecular weight excluding hydrogens is 421 g/mol. The Balaban J connectivity index is 1.84. The van der Waals surface area contributed by atoms with Gasteiger partial charge in [0, 0.05) is 13.1 Å². The predicted molar refractivity (Wildman–Crippen MR) is 135 cm³/mol. The molecule has 6 heteroatoms. The van der Waals surface area contributed by atoms with Crippen LogP contribution in [0.1, 0.15) is 122 Å². The molecular formula is C26H50NO4P. The third-order valence-electron chi connectivity index (χ3n) is 6.38. The molecule has 5 nitrogen and oxygen atoms in total. The number of rotatable bonds is 21. The standard InChI is InChI=1S/C26H50NO4P/c1-3-5-6-7-8-9-10-11-12-13-14-15-16-17-18-19-25-30-32(28,29)31-26-20-23-27(22-4-2)24-21-26/h2,26H,3,5-25H2,1H3,(H,28,29). The first kappa shape index (κ1) is 29.7. The van der Waals surface area contributed by atoms with Gasteiger partial charge in [-0.1, -0.05) is 109 Å². The lowest BCUT2D eigenvalue weighted by molar-refractivity contribution is 0.0609. The maximum Gasteiger partial charge on any atom is 0.472 e. The molecule has 0 aromatic rings. The van der Waals surface area contributed by atoms with E-state index in [0.717, 1.165) is 25.9 Å². The summed E-state index contributed by atoms with van der Waals surface area (Å²) in [7, 11) is -3.94. The predicted octanol–water partition coefficient (Wildman–Crippen LogP) is 7.48. The average molecular weight is 472 g/mol. The molecule has 1 atom stereocenters. The Labute approximate surface area is 198 Å². The quantitative estimate of drug-likeness (QED) is 0.107. The smallest absolute Gasteiger partial charge is 0.302 e. The van der Waals surface area contributed by atoms with E-state index in [1.807, 2.05) is 0 Å². The SMILES string of the molecule is C#CCN1CCC(OP(=O)(O)OCCCCCCCCCCCCCCCCCC)CC1. The van der Waals surface area contributed by atoms with Gasteiger partial charge in [0.15, 0.2) is 0 Å². The van der Waals surface area contributed by atoms with E-state index < -0.39 is 7.82 Å². The summed E-state index contributed by atoms with van der Waals surface area (Å²) < 4.78 is 22.6. The van der Waals surface area contributed by atoms with Crippen molar-refractivity contribution in [2.75, 3.05) is 26.2 Å². The molecule has 1 unspecified atom stereocenters. The molecule has 0 radical (unpaired) electrons. The van der Waals surface area contributed by atoms with Gasteiger partial charge in [-0.15, -0.1) is 6.42 Å². The van der Waals surface area contributed by atoms with Crippen molar-refractivity contribution in [1.29, 1.82) is 0 Å². The zero-order chi connectivity index (χ0) is 23.3. The molecule has 188 valence electrons. The highest BCUT2D eigenvalue weighted by Gasteiger charge is 2.29. The summed E-state index contributed by atoms with van der Waals surface area (Å²) in [5.74, 6) is 2.63. The highest BCUT2D eigenvalue weighted by atomic mass is 31.2. The van der Waals surface area contributed by atoms with Crippen molar-refractivity contribution in [3.05, 3.63) is 0 Å². The van der Waals surface area contributed by atoms with E-state index in [1.54, 1.807) is 0 Å². The summed E-state index contributed by atoms with van der Waals surface area (Å²) in [6.07, 6.45) is 27.5. The number of terminal acetylenes is 1. The van der Waals surface area contributed by atoms with E-state index in [4.69, 9.17) is 15.5 Å². The molecule has 0 spiro atoms. The zero-order valence-electron chi connectivity index (χ0n) is 20.8. The summed E-state index contributed by atoms with van der Waals surface area (Å²) in [5.41, 5.74) is 0. The Morgan fingerprint density at radius 2 is 1.28 bits per heavy atom.